The molecule has 0 saturated heterocycles. The van der Waals surface area contributed by atoms with Gasteiger partial charge in [-0.3, -0.25) is 4.79 Å². The van der Waals surface area contributed by atoms with Crippen LogP contribution in [-0.4, -0.2) is 42.2 Å². The molecule has 0 saturated carbocycles. The Morgan fingerprint density at radius 1 is 0.846 bits per heavy atom. The van der Waals surface area contributed by atoms with E-state index < -0.39 is 6.04 Å². The summed E-state index contributed by atoms with van der Waals surface area (Å²) in [4.78, 5) is 13.7. The van der Waals surface area contributed by atoms with Crippen LogP contribution < -0.4 is 19.5 Å². The number of carbonyl (C=O) groups excluding carboxylic acids is 1. The van der Waals surface area contributed by atoms with E-state index in [1.165, 1.54) is 72.0 Å². The summed E-state index contributed by atoms with van der Waals surface area (Å²) in [6.07, 6.45) is 15.6. The van der Waals surface area contributed by atoms with Gasteiger partial charge in [-0.25, -0.2) is 4.68 Å². The molecule has 0 aliphatic heterocycles. The van der Waals surface area contributed by atoms with Gasteiger partial charge < -0.3 is 19.5 Å². The van der Waals surface area contributed by atoms with E-state index >= 15 is 0 Å². The van der Waals surface area contributed by atoms with Gasteiger partial charge in [-0.2, -0.15) is 0 Å². The molecule has 0 bridgehead atoms. The molecule has 8 heteroatoms. The van der Waals surface area contributed by atoms with E-state index in [2.05, 4.69) is 22.6 Å². The van der Waals surface area contributed by atoms with Crippen molar-refractivity contribution in [2.24, 2.45) is 0 Å². The SMILES string of the molecule is CCCCCCCCCCCCc1cn([C@H](C(=O)Nc2c(OC)cc(OC)cc2OC)c2ccccc2)nn1. The second-order valence-electron chi connectivity index (χ2n) is 9.83. The van der Waals surface area contributed by atoms with Crippen LogP contribution in [0.2, 0.25) is 0 Å². The van der Waals surface area contributed by atoms with Gasteiger partial charge in [0.05, 0.1) is 27.0 Å². The van der Waals surface area contributed by atoms with E-state index in [9.17, 15) is 4.79 Å². The Morgan fingerprint density at radius 2 is 1.44 bits per heavy atom. The fraction of sp³-hybridized carbons (Fsp3) is 0.516. The van der Waals surface area contributed by atoms with Crippen LogP contribution in [0.4, 0.5) is 5.69 Å². The van der Waals surface area contributed by atoms with Crippen molar-refractivity contribution in [1.29, 1.82) is 0 Å². The second-order valence-corrected chi connectivity index (χ2v) is 9.83. The van der Waals surface area contributed by atoms with Gasteiger partial charge >= 0.3 is 0 Å². The molecule has 3 rings (SSSR count). The monoisotopic (exact) mass is 536 g/mol. The predicted octanol–water partition coefficient (Wildman–Crippen LogP) is 7.00. The largest absolute Gasteiger partial charge is 0.496 e. The number of rotatable bonds is 18. The van der Waals surface area contributed by atoms with Gasteiger partial charge in [-0.1, -0.05) is 100 Å². The summed E-state index contributed by atoms with van der Waals surface area (Å²) in [5.74, 6) is 1.16. The van der Waals surface area contributed by atoms with E-state index in [1.807, 2.05) is 36.5 Å². The third-order valence-electron chi connectivity index (χ3n) is 6.94. The number of hydrogen-bond donors (Lipinski definition) is 1. The molecule has 1 N–H and O–H groups in total. The molecule has 1 heterocycles. The lowest BCUT2D eigenvalue weighted by atomic mass is 10.1. The molecule has 0 aliphatic rings. The predicted molar refractivity (Wildman–Crippen MR) is 155 cm³/mol. The van der Waals surface area contributed by atoms with Crippen LogP contribution in [0.3, 0.4) is 0 Å². The number of aromatic nitrogens is 3. The van der Waals surface area contributed by atoms with Crippen molar-refractivity contribution in [2.45, 2.75) is 83.6 Å². The lowest BCUT2D eigenvalue weighted by Crippen LogP contribution is -2.28. The first-order valence-electron chi connectivity index (χ1n) is 14.2. The topological polar surface area (TPSA) is 87.5 Å². The molecule has 0 aliphatic carbocycles. The number of ether oxygens (including phenoxy) is 3. The summed E-state index contributed by atoms with van der Waals surface area (Å²) in [6.45, 7) is 2.26. The van der Waals surface area contributed by atoms with Crippen molar-refractivity contribution < 1.29 is 19.0 Å². The highest BCUT2D eigenvalue weighted by Crippen LogP contribution is 2.39. The Balaban J connectivity index is 1.65. The van der Waals surface area contributed by atoms with Crippen molar-refractivity contribution >= 4 is 11.6 Å². The third-order valence-corrected chi connectivity index (χ3v) is 6.94. The molecule has 0 spiro atoms. The van der Waals surface area contributed by atoms with Gasteiger partial charge in [0.15, 0.2) is 6.04 Å². The lowest BCUT2D eigenvalue weighted by molar-refractivity contribution is -0.118. The van der Waals surface area contributed by atoms with Crippen LogP contribution in [0.15, 0.2) is 48.7 Å². The third kappa shape index (κ3) is 9.01. The number of hydrogen-bond acceptors (Lipinski definition) is 6. The van der Waals surface area contributed by atoms with E-state index in [0.29, 0.717) is 22.9 Å². The zero-order chi connectivity index (χ0) is 27.9. The average Bonchev–Trinajstić information content (AvgIpc) is 3.42. The van der Waals surface area contributed by atoms with E-state index in [-0.39, 0.29) is 5.91 Å². The maximum absolute atomic E-state index is 13.7. The van der Waals surface area contributed by atoms with Crippen LogP contribution in [0, 0.1) is 0 Å². The summed E-state index contributed by atoms with van der Waals surface area (Å²) in [7, 11) is 4.64. The van der Waals surface area contributed by atoms with E-state index in [0.717, 1.165) is 24.1 Å². The average molecular weight is 537 g/mol. The smallest absolute Gasteiger partial charge is 0.254 e. The van der Waals surface area contributed by atoms with Crippen molar-refractivity contribution in [3.63, 3.8) is 0 Å². The number of carbonyl (C=O) groups is 1. The second kappa shape index (κ2) is 16.4. The molecule has 1 aromatic heterocycles. The maximum atomic E-state index is 13.7. The van der Waals surface area contributed by atoms with Crippen molar-refractivity contribution in [3.8, 4) is 17.2 Å². The minimum atomic E-state index is -0.711. The van der Waals surface area contributed by atoms with E-state index in [1.54, 1.807) is 23.9 Å². The van der Waals surface area contributed by atoms with Crippen LogP contribution in [0.1, 0.15) is 88.4 Å². The number of nitrogens with zero attached hydrogens (tertiary/aromatic N) is 3. The first-order valence-corrected chi connectivity index (χ1v) is 14.2. The number of nitrogens with one attached hydrogen (secondary N) is 1. The quantitative estimate of drug-likeness (QED) is 0.176. The number of anilines is 1. The highest BCUT2D eigenvalue weighted by molar-refractivity contribution is 5.98. The number of unbranched alkanes of at least 4 members (excludes halogenated alkanes) is 9. The summed E-state index contributed by atoms with van der Waals surface area (Å²) < 4.78 is 18.0. The number of methoxy groups -OCH3 is 3. The summed E-state index contributed by atoms with van der Waals surface area (Å²) in [5, 5.41) is 11.7. The summed E-state index contributed by atoms with van der Waals surface area (Å²) >= 11 is 0. The molecule has 39 heavy (non-hydrogen) atoms. The van der Waals surface area contributed by atoms with Gasteiger partial charge in [0.25, 0.3) is 5.91 Å². The summed E-state index contributed by atoms with van der Waals surface area (Å²) in [5.41, 5.74) is 2.12. The van der Waals surface area contributed by atoms with Gasteiger partial charge in [0, 0.05) is 18.3 Å². The Labute approximate surface area is 233 Å². The van der Waals surface area contributed by atoms with Crippen molar-refractivity contribution in [3.05, 3.63) is 59.9 Å². The molecule has 1 atom stereocenters. The molecular formula is C31H44N4O4. The zero-order valence-corrected chi connectivity index (χ0v) is 23.9. The van der Waals surface area contributed by atoms with Gasteiger partial charge in [-0.15, -0.1) is 5.10 Å². The Hall–Kier alpha value is -3.55. The Morgan fingerprint density at radius 3 is 2.00 bits per heavy atom. The molecule has 8 nitrogen and oxygen atoms in total. The van der Waals surface area contributed by atoms with Crippen LogP contribution in [-0.2, 0) is 11.2 Å². The summed E-state index contributed by atoms with van der Waals surface area (Å²) in [6, 6.07) is 12.3. The lowest BCUT2D eigenvalue weighted by Gasteiger charge is -2.20. The number of benzene rings is 2. The Kier molecular flexibility index (Phi) is 12.6. The molecule has 212 valence electrons. The van der Waals surface area contributed by atoms with Gasteiger partial charge in [0.2, 0.25) is 0 Å². The minimum Gasteiger partial charge on any atom is -0.496 e. The van der Waals surface area contributed by atoms with Gasteiger partial charge in [-0.05, 0) is 18.4 Å². The van der Waals surface area contributed by atoms with E-state index in [4.69, 9.17) is 14.2 Å². The zero-order valence-electron chi connectivity index (χ0n) is 23.9. The normalized spacial score (nSPS) is 11.7. The molecule has 0 fully saturated rings. The highest BCUT2D eigenvalue weighted by atomic mass is 16.5. The van der Waals surface area contributed by atoms with Gasteiger partial charge in [0.1, 0.15) is 22.9 Å². The molecule has 3 aromatic rings. The fourth-order valence-corrected chi connectivity index (χ4v) is 4.73. The molecular weight excluding hydrogens is 492 g/mol. The molecule has 0 radical (unpaired) electrons. The Bertz CT molecular complexity index is 1110. The van der Waals surface area contributed by atoms with Crippen LogP contribution in [0.25, 0.3) is 0 Å². The van der Waals surface area contributed by atoms with Crippen LogP contribution >= 0.6 is 0 Å². The number of aryl methyl sites for hydroxylation is 1. The fourth-order valence-electron chi connectivity index (χ4n) is 4.73. The van der Waals surface area contributed by atoms with Crippen LogP contribution in [0.5, 0.6) is 17.2 Å². The highest BCUT2D eigenvalue weighted by Gasteiger charge is 2.27. The first-order chi connectivity index (χ1) is 19.1. The number of amides is 1. The minimum absolute atomic E-state index is 0.279. The van der Waals surface area contributed by atoms with Crippen molar-refractivity contribution in [2.75, 3.05) is 26.6 Å². The van der Waals surface area contributed by atoms with Crippen molar-refractivity contribution in [1.82, 2.24) is 15.0 Å². The maximum Gasteiger partial charge on any atom is 0.254 e. The standard InChI is InChI=1S/C31H44N4O4/c1-5-6-7-8-9-10-11-12-13-17-20-25-23-35(34-33-25)30(24-18-15-14-16-19-24)31(36)32-29-27(38-3)21-26(37-2)22-28(29)39-4/h14-16,18-19,21-23,30H,5-13,17,20H2,1-4H3,(H,32,36)/t30-/m0/s1. The molecule has 1 amide bonds. The first kappa shape index (κ1) is 30.0. The molecule has 0 unspecified atom stereocenters. The molecule has 2 aromatic carbocycles.